The fourth-order valence-electron chi connectivity index (χ4n) is 4.45. The van der Waals surface area contributed by atoms with Gasteiger partial charge < -0.3 is 29.3 Å². The lowest BCUT2D eigenvalue weighted by molar-refractivity contribution is -0.0587. The molecule has 2 aromatic carbocycles. The summed E-state index contributed by atoms with van der Waals surface area (Å²) in [7, 11) is 3.19. The van der Waals surface area contributed by atoms with E-state index in [0.717, 1.165) is 42.8 Å². The molecule has 2 aromatic rings. The van der Waals surface area contributed by atoms with Gasteiger partial charge in [0.1, 0.15) is 11.4 Å². The Balaban J connectivity index is 1.38. The van der Waals surface area contributed by atoms with Crippen LogP contribution in [0.5, 0.6) is 17.2 Å². The highest BCUT2D eigenvalue weighted by Gasteiger charge is 2.42. The van der Waals surface area contributed by atoms with Crippen molar-refractivity contribution in [3.63, 3.8) is 0 Å². The minimum absolute atomic E-state index is 0.321. The molecule has 0 radical (unpaired) electrons. The zero-order valence-corrected chi connectivity index (χ0v) is 17.0. The minimum Gasteiger partial charge on any atom is -0.493 e. The number of aliphatic hydroxyl groups is 2. The number of hydrogen-bond acceptors (Lipinski definition) is 6. The predicted octanol–water partition coefficient (Wildman–Crippen LogP) is 3.09. The quantitative estimate of drug-likeness (QED) is 0.805. The third kappa shape index (κ3) is 4.06. The number of hydrogen-bond donors (Lipinski definition) is 2. The van der Waals surface area contributed by atoms with E-state index in [9.17, 15) is 10.2 Å². The van der Waals surface area contributed by atoms with Crippen LogP contribution in [0.4, 0.5) is 0 Å². The van der Waals surface area contributed by atoms with E-state index >= 15 is 0 Å². The molecule has 0 saturated carbocycles. The van der Waals surface area contributed by atoms with E-state index in [4.69, 9.17) is 14.2 Å². The van der Waals surface area contributed by atoms with Crippen molar-refractivity contribution in [2.75, 3.05) is 33.9 Å². The fraction of sp³-hybridized carbons (Fsp3) is 0.478. The van der Waals surface area contributed by atoms with E-state index in [-0.39, 0.29) is 5.60 Å². The molecule has 0 unspecified atom stereocenters. The summed E-state index contributed by atoms with van der Waals surface area (Å²) >= 11 is 0. The molecule has 1 saturated heterocycles. The van der Waals surface area contributed by atoms with Gasteiger partial charge in [0, 0.05) is 31.6 Å². The standard InChI is InChI=1S/C23H29NO5/c1-27-21-8-7-16(13-22(21)28-2)19(26)15-24-11-9-23(10-12-24)14-18(25)17-5-3-4-6-20(17)29-23/h3-8,13,18-19,25-26H,9-12,14-15H2,1-2H3/t18-,19+/m1/s1. The number of piperidine rings is 1. The first-order valence-corrected chi connectivity index (χ1v) is 10.1. The molecule has 2 aliphatic heterocycles. The van der Waals surface area contributed by atoms with Crippen molar-refractivity contribution < 1.29 is 24.4 Å². The second-order valence-electron chi connectivity index (χ2n) is 7.97. The monoisotopic (exact) mass is 399 g/mol. The topological polar surface area (TPSA) is 71.4 Å². The van der Waals surface area contributed by atoms with Gasteiger partial charge in [-0.3, -0.25) is 0 Å². The van der Waals surface area contributed by atoms with E-state index in [1.165, 1.54) is 0 Å². The number of ether oxygens (including phenoxy) is 3. The zero-order valence-electron chi connectivity index (χ0n) is 17.0. The average Bonchev–Trinajstić information content (AvgIpc) is 2.75. The summed E-state index contributed by atoms with van der Waals surface area (Å²) < 4.78 is 17.0. The Hall–Kier alpha value is -2.28. The maximum Gasteiger partial charge on any atom is 0.161 e. The number of rotatable bonds is 5. The Labute approximate surface area is 171 Å². The highest BCUT2D eigenvalue weighted by Crippen LogP contribution is 2.44. The van der Waals surface area contributed by atoms with Crippen LogP contribution >= 0.6 is 0 Å². The minimum atomic E-state index is -0.609. The molecule has 0 aliphatic carbocycles. The van der Waals surface area contributed by atoms with Crippen LogP contribution in [-0.2, 0) is 0 Å². The lowest BCUT2D eigenvalue weighted by Crippen LogP contribution is -2.51. The molecule has 2 heterocycles. The molecule has 6 nitrogen and oxygen atoms in total. The molecule has 4 rings (SSSR count). The Morgan fingerprint density at radius 3 is 2.55 bits per heavy atom. The van der Waals surface area contributed by atoms with Crippen LogP contribution in [0.3, 0.4) is 0 Å². The molecule has 6 heteroatoms. The molecule has 1 spiro atoms. The number of aliphatic hydroxyl groups excluding tert-OH is 2. The maximum absolute atomic E-state index is 10.7. The van der Waals surface area contributed by atoms with E-state index in [1.54, 1.807) is 14.2 Å². The Morgan fingerprint density at radius 2 is 1.83 bits per heavy atom. The molecule has 2 aliphatic rings. The van der Waals surface area contributed by atoms with Crippen molar-refractivity contribution in [2.24, 2.45) is 0 Å². The van der Waals surface area contributed by atoms with E-state index < -0.39 is 12.2 Å². The Kier molecular flexibility index (Phi) is 5.67. The van der Waals surface area contributed by atoms with Gasteiger partial charge in [0.05, 0.1) is 26.4 Å². The number of likely N-dealkylation sites (tertiary alicyclic amines) is 1. The molecular formula is C23H29NO5. The molecule has 0 aromatic heterocycles. The Bertz CT molecular complexity index is 847. The van der Waals surface area contributed by atoms with Crippen LogP contribution in [0.1, 0.15) is 42.6 Å². The van der Waals surface area contributed by atoms with Gasteiger partial charge in [-0.2, -0.15) is 0 Å². The first-order chi connectivity index (χ1) is 14.0. The fourth-order valence-corrected chi connectivity index (χ4v) is 4.45. The third-order valence-electron chi connectivity index (χ3n) is 6.16. The molecule has 2 atom stereocenters. The van der Waals surface area contributed by atoms with Crippen LogP contribution in [0.25, 0.3) is 0 Å². The van der Waals surface area contributed by atoms with Gasteiger partial charge in [-0.15, -0.1) is 0 Å². The summed E-state index contributed by atoms with van der Waals surface area (Å²) in [5.41, 5.74) is 1.36. The van der Waals surface area contributed by atoms with Crippen molar-refractivity contribution in [3.8, 4) is 17.2 Å². The van der Waals surface area contributed by atoms with Gasteiger partial charge in [-0.25, -0.2) is 0 Å². The normalized spacial score (nSPS) is 21.9. The van der Waals surface area contributed by atoms with Gasteiger partial charge in [-0.1, -0.05) is 24.3 Å². The molecule has 156 valence electrons. The summed E-state index contributed by atoms with van der Waals surface area (Å²) in [4.78, 5) is 2.25. The average molecular weight is 399 g/mol. The van der Waals surface area contributed by atoms with E-state index in [1.807, 2.05) is 42.5 Å². The molecular weight excluding hydrogens is 370 g/mol. The van der Waals surface area contributed by atoms with E-state index in [0.29, 0.717) is 24.5 Å². The summed E-state index contributed by atoms with van der Waals surface area (Å²) in [6.07, 6.45) is 1.19. The van der Waals surface area contributed by atoms with Crippen LogP contribution in [-0.4, -0.2) is 54.6 Å². The highest BCUT2D eigenvalue weighted by atomic mass is 16.5. The number of benzene rings is 2. The number of methoxy groups -OCH3 is 2. The molecule has 29 heavy (non-hydrogen) atoms. The van der Waals surface area contributed by atoms with Crippen LogP contribution < -0.4 is 14.2 Å². The highest BCUT2D eigenvalue weighted by molar-refractivity contribution is 5.43. The first-order valence-electron chi connectivity index (χ1n) is 10.1. The lowest BCUT2D eigenvalue weighted by atomic mass is 9.81. The first kappa shape index (κ1) is 20.0. The van der Waals surface area contributed by atoms with Crippen molar-refractivity contribution in [2.45, 2.75) is 37.1 Å². The van der Waals surface area contributed by atoms with Crippen molar-refractivity contribution >= 4 is 0 Å². The van der Waals surface area contributed by atoms with Crippen molar-refractivity contribution in [1.29, 1.82) is 0 Å². The van der Waals surface area contributed by atoms with Crippen molar-refractivity contribution in [3.05, 3.63) is 53.6 Å². The molecule has 0 bridgehead atoms. The molecule has 1 fully saturated rings. The Morgan fingerprint density at radius 1 is 1.10 bits per heavy atom. The summed E-state index contributed by atoms with van der Waals surface area (Å²) in [6, 6.07) is 13.3. The summed E-state index contributed by atoms with van der Waals surface area (Å²) in [5, 5.41) is 21.3. The maximum atomic E-state index is 10.7. The van der Waals surface area contributed by atoms with Crippen molar-refractivity contribution in [1.82, 2.24) is 4.90 Å². The second kappa shape index (κ2) is 8.22. The zero-order chi connectivity index (χ0) is 20.4. The van der Waals surface area contributed by atoms with Gasteiger partial charge in [0.15, 0.2) is 11.5 Å². The number of nitrogens with zero attached hydrogens (tertiary/aromatic N) is 1. The van der Waals surface area contributed by atoms with Crippen LogP contribution in [0.2, 0.25) is 0 Å². The summed E-state index contributed by atoms with van der Waals surface area (Å²) in [5.74, 6) is 2.06. The SMILES string of the molecule is COc1ccc([C@@H](O)CN2CCC3(CC2)C[C@@H](O)c2ccccc2O3)cc1OC. The third-order valence-corrected chi connectivity index (χ3v) is 6.16. The lowest BCUT2D eigenvalue weighted by Gasteiger charge is -2.46. The smallest absolute Gasteiger partial charge is 0.161 e. The van der Waals surface area contributed by atoms with Gasteiger partial charge in [-0.05, 0) is 36.6 Å². The largest absolute Gasteiger partial charge is 0.493 e. The number of para-hydroxylation sites is 1. The van der Waals surface area contributed by atoms with Crippen LogP contribution in [0.15, 0.2) is 42.5 Å². The van der Waals surface area contributed by atoms with Crippen LogP contribution in [0, 0.1) is 0 Å². The summed E-state index contributed by atoms with van der Waals surface area (Å²) in [6.45, 7) is 2.18. The van der Waals surface area contributed by atoms with Gasteiger partial charge in [0.2, 0.25) is 0 Å². The second-order valence-corrected chi connectivity index (χ2v) is 7.97. The molecule has 2 N–H and O–H groups in total. The molecule has 0 amide bonds. The predicted molar refractivity (Wildman–Crippen MR) is 110 cm³/mol. The number of fused-ring (bicyclic) bond motifs is 1. The van der Waals surface area contributed by atoms with E-state index in [2.05, 4.69) is 4.90 Å². The van der Waals surface area contributed by atoms with Gasteiger partial charge in [0.25, 0.3) is 0 Å². The number of β-amino-alcohol motifs (C(OH)–C–C–N with tert-alkyl or cyclic N) is 1. The van der Waals surface area contributed by atoms with Gasteiger partial charge >= 0.3 is 0 Å².